The molecule has 2 rings (SSSR count). The lowest BCUT2D eigenvalue weighted by Gasteiger charge is -2.26. The Hall–Kier alpha value is -2.07. The number of hydrogen-bond acceptors (Lipinski definition) is 9. The number of nitrogens with zero attached hydrogens (tertiary/aromatic N) is 6. The second kappa shape index (κ2) is 9.42. The van der Waals surface area contributed by atoms with Gasteiger partial charge in [-0.05, 0) is 37.9 Å². The molecule has 8 nitrogen and oxygen atoms in total. The second-order valence-electron chi connectivity index (χ2n) is 7.58. The van der Waals surface area contributed by atoms with Gasteiger partial charge in [0.1, 0.15) is 0 Å². The van der Waals surface area contributed by atoms with Crippen molar-refractivity contribution in [3.05, 3.63) is 14.5 Å². The molecule has 0 spiro atoms. The standard InChI is InChI=1S/C18H29N7OS2/c1-10(2)8-25(9-11(3)4)16-20-15(19)21-17(22-16)26-23-12(5)14-13(6)24(7)18(27)28-14/h10-11H,8-9H2,1-7H3,(H2,19,20,21,22)/b23-12+. The lowest BCUT2D eigenvalue weighted by Crippen LogP contribution is -2.33. The van der Waals surface area contributed by atoms with Gasteiger partial charge in [0.25, 0.3) is 0 Å². The first-order valence-electron chi connectivity index (χ1n) is 9.23. The van der Waals surface area contributed by atoms with Crippen LogP contribution in [-0.2, 0) is 7.05 Å². The van der Waals surface area contributed by atoms with E-state index in [1.165, 1.54) is 11.3 Å². The van der Waals surface area contributed by atoms with E-state index in [1.54, 1.807) is 0 Å². The number of aromatic nitrogens is 4. The Labute approximate surface area is 175 Å². The van der Waals surface area contributed by atoms with Gasteiger partial charge in [0.05, 0.1) is 10.6 Å². The topological polar surface area (TPSA) is 94.4 Å². The van der Waals surface area contributed by atoms with Crippen molar-refractivity contribution in [1.29, 1.82) is 0 Å². The van der Waals surface area contributed by atoms with Gasteiger partial charge in [0.15, 0.2) is 3.95 Å². The third-order valence-corrected chi connectivity index (χ3v) is 5.73. The zero-order chi connectivity index (χ0) is 21.0. The highest BCUT2D eigenvalue weighted by molar-refractivity contribution is 7.73. The average molecular weight is 424 g/mol. The minimum absolute atomic E-state index is 0.0801. The smallest absolute Gasteiger partial charge is 0.352 e. The zero-order valence-electron chi connectivity index (χ0n) is 17.6. The fourth-order valence-corrected chi connectivity index (χ4v) is 3.97. The normalized spacial score (nSPS) is 12.1. The van der Waals surface area contributed by atoms with Crippen molar-refractivity contribution in [3.63, 3.8) is 0 Å². The van der Waals surface area contributed by atoms with Gasteiger partial charge in [-0.1, -0.05) is 32.9 Å². The lowest BCUT2D eigenvalue weighted by atomic mass is 10.1. The van der Waals surface area contributed by atoms with Crippen molar-refractivity contribution in [3.8, 4) is 6.01 Å². The van der Waals surface area contributed by atoms with Crippen LogP contribution in [0.1, 0.15) is 45.2 Å². The molecule has 0 bridgehead atoms. The summed E-state index contributed by atoms with van der Waals surface area (Å²) < 4.78 is 2.73. The molecule has 28 heavy (non-hydrogen) atoms. The highest BCUT2D eigenvalue weighted by Gasteiger charge is 2.17. The maximum absolute atomic E-state index is 5.89. The Kier molecular flexibility index (Phi) is 7.48. The maximum Gasteiger partial charge on any atom is 0.352 e. The minimum Gasteiger partial charge on any atom is -0.368 e. The van der Waals surface area contributed by atoms with Crippen LogP contribution in [0, 0.1) is 22.7 Å². The fraction of sp³-hybridized carbons (Fsp3) is 0.611. The summed E-state index contributed by atoms with van der Waals surface area (Å²) in [5.41, 5.74) is 7.63. The van der Waals surface area contributed by atoms with Crippen molar-refractivity contribution < 1.29 is 4.84 Å². The van der Waals surface area contributed by atoms with Crippen LogP contribution in [-0.4, -0.2) is 38.3 Å². The van der Waals surface area contributed by atoms with E-state index in [0.717, 1.165) is 27.6 Å². The molecule has 0 fully saturated rings. The van der Waals surface area contributed by atoms with E-state index in [0.29, 0.717) is 23.5 Å². The summed E-state index contributed by atoms with van der Waals surface area (Å²) in [6.45, 7) is 14.1. The van der Waals surface area contributed by atoms with Crippen LogP contribution >= 0.6 is 23.6 Å². The molecule has 2 aromatic heterocycles. The van der Waals surface area contributed by atoms with Crippen LogP contribution in [0.25, 0.3) is 0 Å². The Balaban J connectivity index is 2.28. The molecule has 0 aliphatic rings. The molecular formula is C18H29N7OS2. The van der Waals surface area contributed by atoms with Crippen molar-refractivity contribution in [1.82, 2.24) is 19.5 Å². The lowest BCUT2D eigenvalue weighted by molar-refractivity contribution is 0.312. The van der Waals surface area contributed by atoms with E-state index < -0.39 is 0 Å². The average Bonchev–Trinajstić information content (AvgIpc) is 2.85. The second-order valence-corrected chi connectivity index (χ2v) is 9.22. The molecule has 0 aliphatic carbocycles. The number of rotatable bonds is 8. The molecule has 0 radical (unpaired) electrons. The van der Waals surface area contributed by atoms with E-state index in [-0.39, 0.29) is 12.0 Å². The van der Waals surface area contributed by atoms with Crippen LogP contribution in [0.5, 0.6) is 6.01 Å². The summed E-state index contributed by atoms with van der Waals surface area (Å²) in [6.07, 6.45) is 0. The molecule has 0 amide bonds. The van der Waals surface area contributed by atoms with Gasteiger partial charge in [0.2, 0.25) is 11.9 Å². The molecule has 0 unspecified atom stereocenters. The number of nitrogen functional groups attached to an aromatic ring is 1. The number of hydrogen-bond donors (Lipinski definition) is 1. The van der Waals surface area contributed by atoms with Crippen molar-refractivity contribution in [2.24, 2.45) is 24.0 Å². The van der Waals surface area contributed by atoms with E-state index in [9.17, 15) is 0 Å². The van der Waals surface area contributed by atoms with E-state index in [2.05, 4.69) is 52.7 Å². The monoisotopic (exact) mass is 423 g/mol. The maximum atomic E-state index is 5.89. The van der Waals surface area contributed by atoms with Crippen LogP contribution < -0.4 is 15.5 Å². The molecule has 2 heterocycles. The van der Waals surface area contributed by atoms with Gasteiger partial charge >= 0.3 is 6.01 Å². The number of nitrogens with two attached hydrogens (primary N) is 1. The molecule has 0 aliphatic heterocycles. The molecule has 10 heteroatoms. The Bertz CT molecular complexity index is 892. The number of thiazole rings is 1. The van der Waals surface area contributed by atoms with Gasteiger partial charge in [-0.25, -0.2) is 0 Å². The van der Waals surface area contributed by atoms with E-state index in [1.807, 2.05) is 25.5 Å². The van der Waals surface area contributed by atoms with Gasteiger partial charge in [-0.2, -0.15) is 15.0 Å². The summed E-state index contributed by atoms with van der Waals surface area (Å²) in [5.74, 6) is 1.52. The van der Waals surface area contributed by atoms with Gasteiger partial charge in [-0.3, -0.25) is 0 Å². The summed E-state index contributed by atoms with van der Waals surface area (Å²) in [7, 11) is 1.93. The largest absolute Gasteiger partial charge is 0.368 e. The van der Waals surface area contributed by atoms with Crippen molar-refractivity contribution >= 4 is 41.2 Å². The first-order chi connectivity index (χ1) is 13.1. The predicted molar refractivity (Wildman–Crippen MR) is 118 cm³/mol. The molecule has 0 saturated heterocycles. The van der Waals surface area contributed by atoms with Crippen molar-refractivity contribution in [2.45, 2.75) is 41.5 Å². The van der Waals surface area contributed by atoms with Crippen LogP contribution in [0.2, 0.25) is 0 Å². The van der Waals surface area contributed by atoms with Crippen LogP contribution in [0.15, 0.2) is 5.16 Å². The predicted octanol–water partition coefficient (Wildman–Crippen LogP) is 3.81. The minimum atomic E-state index is 0.0801. The van der Waals surface area contributed by atoms with Gasteiger partial charge in [0, 0.05) is 25.8 Å². The molecule has 0 aromatic carbocycles. The summed E-state index contributed by atoms with van der Waals surface area (Å²) in [4.78, 5) is 21.3. The first-order valence-corrected chi connectivity index (χ1v) is 10.5. The summed E-state index contributed by atoms with van der Waals surface area (Å²) in [6, 6.07) is 0.0801. The Morgan fingerprint density at radius 3 is 2.32 bits per heavy atom. The SMILES string of the molecule is C/C(=N\Oc1nc(N)nc(N(CC(C)C)CC(C)C)n1)c1sc(=S)n(C)c1C. The molecule has 0 saturated carbocycles. The van der Waals surface area contributed by atoms with Crippen LogP contribution in [0.3, 0.4) is 0 Å². The van der Waals surface area contributed by atoms with Gasteiger partial charge < -0.3 is 20.0 Å². The zero-order valence-corrected chi connectivity index (χ0v) is 19.2. The molecule has 154 valence electrons. The Morgan fingerprint density at radius 2 is 1.82 bits per heavy atom. The van der Waals surface area contributed by atoms with E-state index in [4.69, 9.17) is 22.8 Å². The van der Waals surface area contributed by atoms with E-state index >= 15 is 0 Å². The Morgan fingerprint density at radius 1 is 1.21 bits per heavy atom. The van der Waals surface area contributed by atoms with Gasteiger partial charge in [-0.15, -0.1) is 11.3 Å². The highest BCUT2D eigenvalue weighted by atomic mass is 32.1. The number of oxime groups is 1. The molecular weight excluding hydrogens is 394 g/mol. The summed E-state index contributed by atoms with van der Waals surface area (Å²) in [5, 5.41) is 4.18. The third kappa shape index (κ3) is 5.71. The fourth-order valence-electron chi connectivity index (χ4n) is 2.67. The number of anilines is 2. The molecule has 2 N–H and O–H groups in total. The summed E-state index contributed by atoms with van der Waals surface area (Å²) >= 11 is 6.81. The first kappa shape index (κ1) is 22.2. The third-order valence-electron chi connectivity index (χ3n) is 3.96. The highest BCUT2D eigenvalue weighted by Crippen LogP contribution is 2.20. The van der Waals surface area contributed by atoms with Crippen LogP contribution in [0.4, 0.5) is 11.9 Å². The molecule has 2 aromatic rings. The van der Waals surface area contributed by atoms with Crippen molar-refractivity contribution in [2.75, 3.05) is 23.7 Å². The quantitative estimate of drug-likeness (QED) is 0.392. The molecule has 0 atom stereocenters.